The molecule has 0 saturated carbocycles. The molecule has 9 nitrogen and oxygen atoms in total. The number of carbonyl (C=O) groups is 4. The highest BCUT2D eigenvalue weighted by Gasteiger charge is 2.43. The third kappa shape index (κ3) is 6.81. The fourth-order valence-electron chi connectivity index (χ4n) is 4.03. The highest BCUT2D eigenvalue weighted by atomic mass is 16.6. The van der Waals surface area contributed by atoms with Gasteiger partial charge in [-0.25, -0.2) is 14.4 Å². The molecule has 0 aliphatic carbocycles. The smallest absolute Gasteiger partial charge is 0.337 e. The summed E-state index contributed by atoms with van der Waals surface area (Å²) in [5.41, 5.74) is 0.876. The van der Waals surface area contributed by atoms with E-state index in [4.69, 9.17) is 4.74 Å². The molecular formula is C26H31N3O6. The molecule has 186 valence electrons. The molecule has 2 atom stereocenters. The van der Waals surface area contributed by atoms with Crippen molar-refractivity contribution in [3.63, 3.8) is 0 Å². The molecule has 0 aromatic heterocycles. The van der Waals surface area contributed by atoms with Crippen molar-refractivity contribution >= 4 is 29.6 Å². The number of carbonyl (C=O) groups excluding carboxylic acids is 4. The molecule has 0 unspecified atom stereocenters. The summed E-state index contributed by atoms with van der Waals surface area (Å²) in [5, 5.41) is 5.14. The number of methoxy groups -OCH3 is 1. The van der Waals surface area contributed by atoms with Crippen LogP contribution in [-0.4, -0.2) is 54.1 Å². The number of esters is 2. The summed E-state index contributed by atoms with van der Waals surface area (Å²) < 4.78 is 10.2. The first-order chi connectivity index (χ1) is 16.6. The number of benzene rings is 2. The van der Waals surface area contributed by atoms with Crippen molar-refractivity contribution in [2.75, 3.05) is 19.0 Å². The second kappa shape index (κ2) is 11.0. The lowest BCUT2D eigenvalue weighted by Crippen LogP contribution is -2.48. The minimum absolute atomic E-state index is 0.282. The SMILES string of the molecule is COC(=O)c1cccc(NC(=O)NCC(=O)N2[C@@H](c3ccccc3)CC[C@H]2C(=O)OC(C)(C)C)c1. The number of urea groups is 1. The summed E-state index contributed by atoms with van der Waals surface area (Å²) in [6, 6.07) is 14.1. The zero-order valence-electron chi connectivity index (χ0n) is 20.4. The van der Waals surface area contributed by atoms with Gasteiger partial charge in [-0.15, -0.1) is 0 Å². The van der Waals surface area contributed by atoms with Crippen LogP contribution in [0.2, 0.25) is 0 Å². The van der Waals surface area contributed by atoms with Crippen molar-refractivity contribution in [2.45, 2.75) is 51.3 Å². The van der Waals surface area contributed by atoms with Gasteiger partial charge in [0.15, 0.2) is 0 Å². The molecule has 0 spiro atoms. The Labute approximate surface area is 204 Å². The summed E-state index contributed by atoms with van der Waals surface area (Å²) in [5.74, 6) is -1.39. The molecule has 1 heterocycles. The number of likely N-dealkylation sites (tertiary alicyclic amines) is 1. The summed E-state index contributed by atoms with van der Waals surface area (Å²) in [6.45, 7) is 5.02. The lowest BCUT2D eigenvalue weighted by molar-refractivity contribution is -0.164. The molecule has 1 aliphatic rings. The molecule has 2 N–H and O–H groups in total. The summed E-state index contributed by atoms with van der Waals surface area (Å²) >= 11 is 0. The normalized spacial score (nSPS) is 17.4. The molecule has 3 rings (SSSR count). The van der Waals surface area contributed by atoms with Gasteiger partial charge < -0.3 is 25.0 Å². The van der Waals surface area contributed by atoms with Gasteiger partial charge in [0.1, 0.15) is 11.6 Å². The first-order valence-electron chi connectivity index (χ1n) is 11.4. The topological polar surface area (TPSA) is 114 Å². The molecule has 35 heavy (non-hydrogen) atoms. The molecular weight excluding hydrogens is 450 g/mol. The van der Waals surface area contributed by atoms with E-state index in [0.717, 1.165) is 5.56 Å². The van der Waals surface area contributed by atoms with E-state index in [1.165, 1.54) is 18.1 Å². The zero-order chi connectivity index (χ0) is 25.6. The van der Waals surface area contributed by atoms with E-state index in [2.05, 4.69) is 15.4 Å². The number of hydrogen-bond acceptors (Lipinski definition) is 6. The van der Waals surface area contributed by atoms with E-state index in [-0.39, 0.29) is 18.2 Å². The van der Waals surface area contributed by atoms with Crippen LogP contribution in [0.3, 0.4) is 0 Å². The number of anilines is 1. The van der Waals surface area contributed by atoms with Crippen molar-refractivity contribution in [2.24, 2.45) is 0 Å². The van der Waals surface area contributed by atoms with Gasteiger partial charge in [-0.1, -0.05) is 36.4 Å². The number of ether oxygens (including phenoxy) is 2. The van der Waals surface area contributed by atoms with Gasteiger partial charge in [-0.2, -0.15) is 0 Å². The summed E-state index contributed by atoms with van der Waals surface area (Å²) in [6.07, 6.45) is 1.07. The van der Waals surface area contributed by atoms with Crippen LogP contribution in [-0.2, 0) is 19.1 Å². The highest BCUT2D eigenvalue weighted by molar-refractivity contribution is 5.95. The van der Waals surface area contributed by atoms with Crippen LogP contribution in [0.15, 0.2) is 54.6 Å². The van der Waals surface area contributed by atoms with Crippen molar-refractivity contribution in [1.29, 1.82) is 0 Å². The Bertz CT molecular complexity index is 1080. The fourth-order valence-corrected chi connectivity index (χ4v) is 4.03. The summed E-state index contributed by atoms with van der Waals surface area (Å²) in [7, 11) is 1.27. The molecule has 0 bridgehead atoms. The first-order valence-corrected chi connectivity index (χ1v) is 11.4. The molecule has 1 fully saturated rings. The Balaban J connectivity index is 1.70. The van der Waals surface area contributed by atoms with Crippen molar-refractivity contribution in [1.82, 2.24) is 10.2 Å². The van der Waals surface area contributed by atoms with Crippen LogP contribution in [0, 0.1) is 0 Å². The molecule has 0 radical (unpaired) electrons. The van der Waals surface area contributed by atoms with Gasteiger partial charge >= 0.3 is 18.0 Å². The lowest BCUT2D eigenvalue weighted by atomic mass is 10.0. The molecule has 3 amide bonds. The minimum atomic E-state index is -0.742. The van der Waals surface area contributed by atoms with Crippen LogP contribution in [0.25, 0.3) is 0 Å². The number of nitrogens with zero attached hydrogens (tertiary/aromatic N) is 1. The van der Waals surface area contributed by atoms with Crippen molar-refractivity contribution in [3.8, 4) is 0 Å². The van der Waals surface area contributed by atoms with Gasteiger partial charge in [0, 0.05) is 5.69 Å². The third-order valence-corrected chi connectivity index (χ3v) is 5.48. The summed E-state index contributed by atoms with van der Waals surface area (Å²) in [4.78, 5) is 51.8. The van der Waals surface area contributed by atoms with Crippen LogP contribution in [0.4, 0.5) is 10.5 Å². The van der Waals surface area contributed by atoms with Crippen LogP contribution in [0.1, 0.15) is 55.6 Å². The van der Waals surface area contributed by atoms with E-state index >= 15 is 0 Å². The van der Waals surface area contributed by atoms with Crippen molar-refractivity contribution < 1.29 is 28.7 Å². The predicted molar refractivity (Wildman–Crippen MR) is 130 cm³/mol. The average Bonchev–Trinajstić information content (AvgIpc) is 3.27. The van der Waals surface area contributed by atoms with Gasteiger partial charge in [0.25, 0.3) is 0 Å². The number of nitrogens with one attached hydrogen (secondary N) is 2. The van der Waals surface area contributed by atoms with E-state index in [0.29, 0.717) is 18.5 Å². The zero-order valence-corrected chi connectivity index (χ0v) is 20.4. The largest absolute Gasteiger partial charge is 0.465 e. The van der Waals surface area contributed by atoms with E-state index in [1.54, 1.807) is 39.0 Å². The van der Waals surface area contributed by atoms with E-state index < -0.39 is 35.5 Å². The maximum Gasteiger partial charge on any atom is 0.337 e. The number of hydrogen-bond donors (Lipinski definition) is 2. The van der Waals surface area contributed by atoms with Crippen LogP contribution < -0.4 is 10.6 Å². The number of rotatable bonds is 6. The molecule has 1 aliphatic heterocycles. The first kappa shape index (κ1) is 25.7. The Hall–Kier alpha value is -3.88. The molecule has 2 aromatic carbocycles. The Morgan fingerprint density at radius 1 is 1.00 bits per heavy atom. The van der Waals surface area contributed by atoms with Crippen LogP contribution >= 0.6 is 0 Å². The van der Waals surface area contributed by atoms with Gasteiger partial charge in [-0.3, -0.25) is 4.79 Å². The van der Waals surface area contributed by atoms with Gasteiger partial charge in [0.05, 0.1) is 25.3 Å². The highest BCUT2D eigenvalue weighted by Crippen LogP contribution is 2.37. The lowest BCUT2D eigenvalue weighted by Gasteiger charge is -2.31. The second-order valence-electron chi connectivity index (χ2n) is 9.23. The average molecular weight is 482 g/mol. The fraction of sp³-hybridized carbons (Fsp3) is 0.385. The van der Waals surface area contributed by atoms with Crippen LogP contribution in [0.5, 0.6) is 0 Å². The number of amides is 3. The van der Waals surface area contributed by atoms with Gasteiger partial charge in [0.2, 0.25) is 5.91 Å². The quantitative estimate of drug-likeness (QED) is 0.609. The van der Waals surface area contributed by atoms with Gasteiger partial charge in [-0.05, 0) is 57.4 Å². The monoisotopic (exact) mass is 481 g/mol. The Kier molecular flexibility index (Phi) is 8.11. The second-order valence-corrected chi connectivity index (χ2v) is 9.23. The predicted octanol–water partition coefficient (Wildman–Crippen LogP) is 3.67. The van der Waals surface area contributed by atoms with E-state index in [9.17, 15) is 19.2 Å². The molecule has 9 heteroatoms. The molecule has 1 saturated heterocycles. The standard InChI is InChI=1S/C26H31N3O6/c1-26(2,3)35-24(32)21-14-13-20(17-9-6-5-7-10-17)29(21)22(30)16-27-25(33)28-19-12-8-11-18(15-19)23(31)34-4/h5-12,15,20-21H,13-14,16H2,1-4H3,(H2,27,28,33)/t20-,21+/m1/s1. The Morgan fingerprint density at radius 2 is 1.71 bits per heavy atom. The maximum absolute atomic E-state index is 13.3. The molecule has 2 aromatic rings. The maximum atomic E-state index is 13.3. The van der Waals surface area contributed by atoms with E-state index in [1.807, 2.05) is 30.3 Å². The Morgan fingerprint density at radius 3 is 2.37 bits per heavy atom. The minimum Gasteiger partial charge on any atom is -0.465 e. The third-order valence-electron chi connectivity index (χ3n) is 5.48. The van der Waals surface area contributed by atoms with Crippen molar-refractivity contribution in [3.05, 3.63) is 65.7 Å².